The van der Waals surface area contributed by atoms with Gasteiger partial charge in [0, 0.05) is 0 Å². The first-order valence-corrected chi connectivity index (χ1v) is 25.8. The van der Waals surface area contributed by atoms with Crippen LogP contribution < -0.4 is 14.6 Å². The second-order valence-corrected chi connectivity index (χ2v) is 18.9. The van der Waals surface area contributed by atoms with E-state index in [-0.39, 0.29) is 49.2 Å². The van der Waals surface area contributed by atoms with Crippen molar-refractivity contribution in [3.63, 3.8) is 0 Å². The largest absolute Gasteiger partial charge is 2.00 e. The summed E-state index contributed by atoms with van der Waals surface area (Å²) in [6, 6.07) is 22.5. The summed E-state index contributed by atoms with van der Waals surface area (Å²) in [5.41, 5.74) is 1.10. The second kappa shape index (κ2) is 31.9. The zero-order chi connectivity index (χ0) is 45.1. The summed E-state index contributed by atoms with van der Waals surface area (Å²) in [5.74, 6) is -0.680. The van der Waals surface area contributed by atoms with Gasteiger partial charge >= 0.3 is 37.7 Å². The fraction of sp³-hybridized carbons (Fsp3) is 0.520. The number of hydrogen-bond acceptors (Lipinski definition) is 9. The summed E-state index contributed by atoms with van der Waals surface area (Å²) in [5, 5.41) is 23.5. The Labute approximate surface area is 408 Å². The van der Waals surface area contributed by atoms with Gasteiger partial charge in [0.2, 0.25) is 0 Å². The molecule has 2 N–H and O–H groups in total. The molecule has 0 aliphatic carbocycles. The van der Waals surface area contributed by atoms with Crippen LogP contribution in [0.1, 0.15) is 166 Å². The van der Waals surface area contributed by atoms with Gasteiger partial charge in [-0.05, 0) is 67.6 Å². The van der Waals surface area contributed by atoms with Gasteiger partial charge in [0.05, 0.1) is 4.90 Å². The Morgan fingerprint density at radius 1 is 0.476 bits per heavy atom. The predicted octanol–water partition coefficient (Wildman–Crippen LogP) is 13.2. The van der Waals surface area contributed by atoms with Gasteiger partial charge < -0.3 is 24.2 Å². The normalized spacial score (nSPS) is 11.4. The van der Waals surface area contributed by atoms with Gasteiger partial charge in [0.15, 0.2) is 11.5 Å². The van der Waals surface area contributed by atoms with E-state index in [1.165, 1.54) is 121 Å². The number of unbranched alkanes of at least 4 members (excludes halogenated alkanes) is 20. The monoisotopic (exact) mass is 934 g/mol. The van der Waals surface area contributed by atoms with E-state index in [0.717, 1.165) is 38.5 Å². The molecule has 0 aromatic heterocycles. The standard InChI is InChI=1S/2C25H36O5S.Ca/c2*1-2-3-4-5-6-7-8-9-10-11-13-16-21-19-20-23(31(27,28)29)25(24(21)26)30-22-17-14-12-15-18-22;/h2*12,14-15,17-20,26H,2-11,13,16H2,1H3,(H,27,28,29);/q;;+2/p-2. The first-order chi connectivity index (χ1) is 29.9. The topological polar surface area (TPSA) is 173 Å². The molecule has 0 aliphatic rings. The number of benzene rings is 4. The van der Waals surface area contributed by atoms with Gasteiger partial charge in [0.1, 0.15) is 32.3 Å². The van der Waals surface area contributed by atoms with E-state index in [0.29, 0.717) is 35.5 Å². The summed E-state index contributed by atoms with van der Waals surface area (Å²) in [6.45, 7) is 4.47. The Morgan fingerprint density at radius 2 is 0.825 bits per heavy atom. The van der Waals surface area contributed by atoms with Gasteiger partial charge in [0.25, 0.3) is 10.1 Å². The summed E-state index contributed by atoms with van der Waals surface area (Å²) >= 11 is 0. The van der Waals surface area contributed by atoms with E-state index in [1.54, 1.807) is 66.7 Å². The van der Waals surface area contributed by atoms with Crippen LogP contribution in [0.3, 0.4) is 0 Å². The fourth-order valence-electron chi connectivity index (χ4n) is 7.34. The molecule has 63 heavy (non-hydrogen) atoms. The molecule has 13 heteroatoms. The van der Waals surface area contributed by atoms with Crippen LogP contribution in [0.2, 0.25) is 0 Å². The van der Waals surface area contributed by atoms with Gasteiger partial charge in [-0.2, -0.15) is 8.42 Å². The number of aryl methyl sites for hydroxylation is 2. The van der Waals surface area contributed by atoms with E-state index in [4.69, 9.17) is 9.47 Å². The Kier molecular flexibility index (Phi) is 28.5. The predicted molar refractivity (Wildman–Crippen MR) is 251 cm³/mol. The minimum Gasteiger partial charge on any atom is -0.870 e. The third kappa shape index (κ3) is 22.3. The minimum atomic E-state index is -4.81. The number of ether oxygens (including phenoxy) is 2. The maximum Gasteiger partial charge on any atom is 2.00 e. The summed E-state index contributed by atoms with van der Waals surface area (Å²) in [4.78, 5) is -1.04. The molecule has 0 amide bonds. The zero-order valence-corrected chi connectivity index (χ0v) is 41.6. The molecule has 0 radical (unpaired) electrons. The molecule has 0 aliphatic heterocycles. The number of hydrogen-bond donors (Lipinski definition) is 2. The average molecular weight is 935 g/mol. The molecular formula is C50H70CaO10S2. The van der Waals surface area contributed by atoms with E-state index in [9.17, 15) is 36.2 Å². The average Bonchev–Trinajstić information content (AvgIpc) is 3.24. The third-order valence-electron chi connectivity index (χ3n) is 10.9. The molecule has 0 unspecified atom stereocenters. The van der Waals surface area contributed by atoms with Crippen LogP contribution in [0.15, 0.2) is 94.7 Å². The summed E-state index contributed by atoms with van der Waals surface area (Å²) < 4.78 is 78.9. The first-order valence-electron chi connectivity index (χ1n) is 22.9. The molecule has 344 valence electrons. The van der Waals surface area contributed by atoms with Crippen molar-refractivity contribution in [2.45, 2.75) is 178 Å². The molecule has 10 nitrogen and oxygen atoms in total. The molecule has 0 bridgehead atoms. The van der Waals surface area contributed by atoms with E-state index < -0.39 is 41.5 Å². The second-order valence-electron chi connectivity index (χ2n) is 16.1. The minimum absolute atomic E-state index is 0. The molecule has 4 rings (SSSR count). The van der Waals surface area contributed by atoms with Crippen LogP contribution in [-0.4, -0.2) is 68.8 Å². The van der Waals surface area contributed by atoms with Gasteiger partial charge in [-0.3, -0.25) is 4.55 Å². The Hall–Kier alpha value is -2.84. The third-order valence-corrected chi connectivity index (χ3v) is 12.6. The number of phenolic OH excluding ortho intramolecular Hbond substituents is 1. The number of para-hydroxylation sites is 2. The van der Waals surface area contributed by atoms with Crippen LogP contribution in [-0.2, 0) is 33.1 Å². The number of rotatable bonds is 30. The van der Waals surface area contributed by atoms with Gasteiger partial charge in [-0.25, -0.2) is 8.42 Å². The molecule has 0 saturated carbocycles. The molecular weight excluding hydrogens is 865 g/mol. The maximum absolute atomic E-state index is 12.8. The quantitative estimate of drug-likeness (QED) is 0.0291. The molecule has 0 fully saturated rings. The van der Waals surface area contributed by atoms with Crippen LogP contribution in [0.25, 0.3) is 0 Å². The fourth-order valence-corrected chi connectivity index (χ4v) is 8.55. The smallest absolute Gasteiger partial charge is 0.870 e. The van der Waals surface area contributed by atoms with Crippen LogP contribution >= 0.6 is 0 Å². The summed E-state index contributed by atoms with van der Waals surface area (Å²) in [6.07, 6.45) is 28.1. The maximum atomic E-state index is 12.8. The van der Waals surface area contributed by atoms with Crippen molar-refractivity contribution >= 4 is 58.0 Å². The summed E-state index contributed by atoms with van der Waals surface area (Å²) in [7, 11) is -9.34. The number of aromatic hydroxyl groups is 1. The molecule has 0 saturated heterocycles. The van der Waals surface area contributed by atoms with Crippen LogP contribution in [0.5, 0.6) is 34.5 Å². The molecule has 0 spiro atoms. The van der Waals surface area contributed by atoms with E-state index >= 15 is 0 Å². The first kappa shape index (κ1) is 56.3. The molecule has 0 heterocycles. The Balaban J connectivity index is 0.000000427. The molecule has 0 atom stereocenters. The molecule has 4 aromatic carbocycles. The van der Waals surface area contributed by atoms with Crippen molar-refractivity contribution in [2.75, 3.05) is 0 Å². The van der Waals surface area contributed by atoms with Crippen molar-refractivity contribution in [3.8, 4) is 34.5 Å². The van der Waals surface area contributed by atoms with Crippen molar-refractivity contribution < 1.29 is 45.6 Å². The van der Waals surface area contributed by atoms with Crippen molar-refractivity contribution in [3.05, 3.63) is 96.1 Å². The van der Waals surface area contributed by atoms with Crippen molar-refractivity contribution in [1.82, 2.24) is 0 Å². The SMILES string of the molecule is CCCCCCCCCCCCCc1ccc(S(=O)(=O)O)c(Oc2ccccc2)c1O.CCCCCCCCCCCCCc1ccc(S(=O)(=O)[O-])c(Oc2ccccc2)c1[O-].[Ca+2]. The Morgan fingerprint density at radius 3 is 1.22 bits per heavy atom. The number of phenols is 1. The van der Waals surface area contributed by atoms with Gasteiger partial charge in [-0.1, -0.05) is 202 Å². The van der Waals surface area contributed by atoms with Crippen LogP contribution in [0, 0.1) is 0 Å². The van der Waals surface area contributed by atoms with Crippen LogP contribution in [0.4, 0.5) is 0 Å². The van der Waals surface area contributed by atoms with Gasteiger partial charge in [-0.15, -0.1) is 0 Å². The zero-order valence-electron chi connectivity index (χ0n) is 37.7. The van der Waals surface area contributed by atoms with E-state index in [1.807, 2.05) is 0 Å². The molecule has 4 aromatic rings. The van der Waals surface area contributed by atoms with E-state index in [2.05, 4.69) is 13.8 Å². The Bertz CT molecular complexity index is 1910. The van der Waals surface area contributed by atoms with Crippen molar-refractivity contribution in [2.24, 2.45) is 0 Å². The van der Waals surface area contributed by atoms with Crippen molar-refractivity contribution in [1.29, 1.82) is 0 Å².